The highest BCUT2D eigenvalue weighted by Gasteiger charge is 2.15. The molecule has 0 unspecified atom stereocenters. The molecule has 0 heterocycles. The maximum absolute atomic E-state index is 12.1. The lowest BCUT2D eigenvalue weighted by atomic mass is 10.2. The van der Waals surface area contributed by atoms with Crippen molar-refractivity contribution in [3.05, 3.63) is 79.4 Å². The molecule has 2 N–H and O–H groups in total. The third kappa shape index (κ3) is 5.31. The van der Waals surface area contributed by atoms with E-state index in [9.17, 15) is 14.9 Å². The molecule has 9 heteroatoms. The van der Waals surface area contributed by atoms with Gasteiger partial charge in [-0.1, -0.05) is 39.7 Å². The van der Waals surface area contributed by atoms with E-state index in [1.54, 1.807) is 6.07 Å². The van der Waals surface area contributed by atoms with E-state index in [4.69, 9.17) is 16.9 Å². The fourth-order valence-corrected chi connectivity index (χ4v) is 2.40. The lowest BCUT2D eigenvalue weighted by Gasteiger charge is -2.06. The van der Waals surface area contributed by atoms with Crippen LogP contribution in [0.4, 0.5) is 11.4 Å². The number of nitriles is 1. The van der Waals surface area contributed by atoms with Gasteiger partial charge in [-0.05, 0) is 29.8 Å². The molecule has 0 fully saturated rings. The van der Waals surface area contributed by atoms with Crippen molar-refractivity contribution < 1.29 is 9.72 Å². The third-order valence-electron chi connectivity index (χ3n) is 3.23. The van der Waals surface area contributed by atoms with Crippen LogP contribution in [0.5, 0.6) is 0 Å². The highest BCUT2D eigenvalue weighted by molar-refractivity contribution is 9.10. The molecule has 0 saturated carbocycles. The van der Waals surface area contributed by atoms with Crippen molar-refractivity contribution in [1.29, 1.82) is 5.26 Å². The summed E-state index contributed by atoms with van der Waals surface area (Å²) in [6, 6.07) is 13.2. The normalized spacial score (nSPS) is 10.7. The minimum atomic E-state index is -0.688. The van der Waals surface area contributed by atoms with Crippen LogP contribution >= 0.6 is 27.5 Å². The Balaban J connectivity index is 2.04. The molecular weight excluding hydrogens is 424 g/mol. The Morgan fingerprint density at radius 3 is 2.62 bits per heavy atom. The van der Waals surface area contributed by atoms with Gasteiger partial charge in [0.25, 0.3) is 11.6 Å². The summed E-state index contributed by atoms with van der Waals surface area (Å²) in [5.41, 5.74) is 0.635. The van der Waals surface area contributed by atoms with Crippen molar-refractivity contribution in [2.75, 3.05) is 5.32 Å². The van der Waals surface area contributed by atoms with Gasteiger partial charge in [-0.3, -0.25) is 14.9 Å². The molecule has 2 aromatic carbocycles. The zero-order valence-corrected chi connectivity index (χ0v) is 15.5. The summed E-state index contributed by atoms with van der Waals surface area (Å²) in [4.78, 5) is 22.4. The number of hydrogen-bond donors (Lipinski definition) is 2. The smallest absolute Gasteiger partial charge is 0.289 e. The van der Waals surface area contributed by atoms with E-state index < -0.39 is 10.8 Å². The monoisotopic (exact) mass is 434 g/mol. The maximum Gasteiger partial charge on any atom is 0.289 e. The molecule has 132 valence electrons. The van der Waals surface area contributed by atoms with Crippen LogP contribution in [-0.4, -0.2) is 10.8 Å². The molecule has 0 saturated heterocycles. The summed E-state index contributed by atoms with van der Waals surface area (Å²) in [5, 5.41) is 25.3. The Kier molecular flexibility index (Phi) is 6.72. The number of nitrogens with one attached hydrogen (secondary N) is 2. The van der Waals surface area contributed by atoms with Gasteiger partial charge in [-0.2, -0.15) is 5.26 Å². The van der Waals surface area contributed by atoms with Crippen molar-refractivity contribution in [3.8, 4) is 6.07 Å². The number of halogens is 2. The molecule has 0 spiro atoms. The van der Waals surface area contributed by atoms with Gasteiger partial charge in [-0.25, -0.2) is 0 Å². The highest BCUT2D eigenvalue weighted by atomic mass is 79.9. The second-order valence-corrected chi connectivity index (χ2v) is 6.38. The molecule has 1 amide bonds. The fraction of sp³-hybridized carbons (Fsp3) is 0.0588. The Morgan fingerprint density at radius 1 is 1.31 bits per heavy atom. The number of nitrogens with zero attached hydrogens (tertiary/aromatic N) is 2. The minimum absolute atomic E-state index is 0.0415. The lowest BCUT2D eigenvalue weighted by molar-refractivity contribution is -0.384. The van der Waals surface area contributed by atoms with E-state index in [1.807, 2.05) is 24.3 Å². The zero-order chi connectivity index (χ0) is 19.1. The first-order valence-electron chi connectivity index (χ1n) is 7.24. The third-order valence-corrected chi connectivity index (χ3v) is 4.08. The molecule has 0 aliphatic carbocycles. The molecule has 0 bridgehead atoms. The van der Waals surface area contributed by atoms with Gasteiger partial charge in [0, 0.05) is 29.0 Å². The van der Waals surface area contributed by atoms with E-state index in [2.05, 4.69) is 26.6 Å². The summed E-state index contributed by atoms with van der Waals surface area (Å²) in [7, 11) is 0. The molecule has 2 aromatic rings. The Labute approximate surface area is 162 Å². The molecular formula is C17H12BrClN4O3. The second kappa shape index (κ2) is 8.99. The maximum atomic E-state index is 12.1. The van der Waals surface area contributed by atoms with E-state index in [1.165, 1.54) is 18.3 Å². The number of carbonyl (C=O) groups excluding carboxylic acids is 1. The standard InChI is InChI=1S/C17H12BrClN4O3/c18-13-3-1-11(2-4-13)9-21-10-12(8-20)17(24)22-14-5-6-15(19)16(7-14)23(25)26/h1-7,10,21H,9H2,(H,22,24)/b12-10-. The van der Waals surface area contributed by atoms with Gasteiger partial charge in [0.05, 0.1) is 4.92 Å². The van der Waals surface area contributed by atoms with Gasteiger partial charge < -0.3 is 10.6 Å². The van der Waals surface area contributed by atoms with Gasteiger partial charge >= 0.3 is 0 Å². The van der Waals surface area contributed by atoms with Gasteiger partial charge in [-0.15, -0.1) is 0 Å². The lowest BCUT2D eigenvalue weighted by Crippen LogP contribution is -2.16. The van der Waals surface area contributed by atoms with Crippen LogP contribution in [0, 0.1) is 21.4 Å². The quantitative estimate of drug-likeness (QED) is 0.307. The molecule has 26 heavy (non-hydrogen) atoms. The SMILES string of the molecule is N#C/C(=C/NCc1ccc(Br)cc1)C(=O)Nc1ccc(Cl)c([N+](=O)[O-])c1. The molecule has 7 nitrogen and oxygen atoms in total. The Bertz CT molecular complexity index is 907. The van der Waals surface area contributed by atoms with Gasteiger partial charge in [0.1, 0.15) is 16.7 Å². The average molecular weight is 436 g/mol. The number of nitro groups is 1. The van der Waals surface area contributed by atoms with Gasteiger partial charge in [0.15, 0.2) is 0 Å². The summed E-state index contributed by atoms with van der Waals surface area (Å²) < 4.78 is 0.950. The first kappa shape index (κ1) is 19.4. The van der Waals surface area contributed by atoms with E-state index in [0.29, 0.717) is 6.54 Å². The molecule has 0 radical (unpaired) electrons. The summed E-state index contributed by atoms with van der Waals surface area (Å²) in [5.74, 6) is -0.688. The highest BCUT2D eigenvalue weighted by Crippen LogP contribution is 2.27. The van der Waals surface area contributed by atoms with Crippen molar-refractivity contribution in [1.82, 2.24) is 5.32 Å². The molecule has 0 aliphatic heterocycles. The summed E-state index contributed by atoms with van der Waals surface area (Å²) in [6.07, 6.45) is 1.29. The average Bonchev–Trinajstić information content (AvgIpc) is 2.61. The summed E-state index contributed by atoms with van der Waals surface area (Å²) in [6.45, 7) is 0.429. The number of hydrogen-bond acceptors (Lipinski definition) is 5. The van der Waals surface area contributed by atoms with Crippen LogP contribution in [0.25, 0.3) is 0 Å². The van der Waals surface area contributed by atoms with E-state index in [-0.39, 0.29) is 22.0 Å². The molecule has 2 rings (SSSR count). The van der Waals surface area contributed by atoms with E-state index >= 15 is 0 Å². The number of benzene rings is 2. The Hall–Kier alpha value is -2.89. The largest absolute Gasteiger partial charge is 0.386 e. The number of anilines is 1. The van der Waals surface area contributed by atoms with Crippen LogP contribution in [0.15, 0.2) is 58.7 Å². The number of carbonyl (C=O) groups is 1. The second-order valence-electron chi connectivity index (χ2n) is 5.05. The first-order chi connectivity index (χ1) is 12.4. The van der Waals surface area contributed by atoms with Crippen LogP contribution in [0.3, 0.4) is 0 Å². The molecule has 0 atom stereocenters. The topological polar surface area (TPSA) is 108 Å². The van der Waals surface area contributed by atoms with Crippen LogP contribution < -0.4 is 10.6 Å². The number of nitro benzene ring substituents is 1. The predicted octanol–water partition coefficient (Wildman–Crippen LogP) is 4.15. The van der Waals surface area contributed by atoms with E-state index in [0.717, 1.165) is 16.1 Å². The van der Waals surface area contributed by atoms with Crippen molar-refractivity contribution in [2.24, 2.45) is 0 Å². The predicted molar refractivity (Wildman–Crippen MR) is 101 cm³/mol. The molecule has 0 aliphatic rings. The fourth-order valence-electron chi connectivity index (χ4n) is 1.95. The van der Waals surface area contributed by atoms with Crippen molar-refractivity contribution in [3.63, 3.8) is 0 Å². The number of rotatable bonds is 6. The van der Waals surface area contributed by atoms with Crippen molar-refractivity contribution in [2.45, 2.75) is 6.54 Å². The summed E-state index contributed by atoms with van der Waals surface area (Å²) >= 11 is 9.06. The van der Waals surface area contributed by atoms with Gasteiger partial charge in [0.2, 0.25) is 0 Å². The first-order valence-corrected chi connectivity index (χ1v) is 8.41. The Morgan fingerprint density at radius 2 is 2.00 bits per heavy atom. The minimum Gasteiger partial charge on any atom is -0.386 e. The zero-order valence-electron chi connectivity index (χ0n) is 13.2. The molecule has 0 aromatic heterocycles. The number of amides is 1. The van der Waals surface area contributed by atoms with Crippen molar-refractivity contribution >= 4 is 44.8 Å². The van der Waals surface area contributed by atoms with Crippen LogP contribution in [0.1, 0.15) is 5.56 Å². The van der Waals surface area contributed by atoms with Crippen LogP contribution in [0.2, 0.25) is 5.02 Å². The van der Waals surface area contributed by atoms with Crippen LogP contribution in [-0.2, 0) is 11.3 Å².